The first kappa shape index (κ1) is 18.1. The van der Waals surface area contributed by atoms with Crippen molar-refractivity contribution in [2.45, 2.75) is 26.2 Å². The Hall–Kier alpha value is -2.73. The first-order chi connectivity index (χ1) is 12.7. The highest BCUT2D eigenvalue weighted by atomic mass is 32.1. The molecule has 0 aliphatic carbocycles. The second-order valence-corrected chi connectivity index (χ2v) is 6.74. The van der Waals surface area contributed by atoms with E-state index in [2.05, 4.69) is 34.6 Å². The molecule has 3 rings (SSSR count). The van der Waals surface area contributed by atoms with Crippen LogP contribution in [0.1, 0.15) is 47.1 Å². The van der Waals surface area contributed by atoms with E-state index in [0.717, 1.165) is 11.4 Å². The van der Waals surface area contributed by atoms with Gasteiger partial charge in [0.2, 0.25) is 5.13 Å². The number of ether oxygens (including phenoxy) is 1. The van der Waals surface area contributed by atoms with Crippen molar-refractivity contribution in [3.05, 3.63) is 70.7 Å². The van der Waals surface area contributed by atoms with E-state index < -0.39 is 0 Å². The number of hydrogen-bond donors (Lipinski definition) is 1. The molecule has 1 heterocycles. The molecule has 26 heavy (non-hydrogen) atoms. The van der Waals surface area contributed by atoms with Crippen LogP contribution in [0.4, 0.5) is 5.13 Å². The van der Waals surface area contributed by atoms with Gasteiger partial charge in [-0.15, -0.1) is 10.2 Å². The van der Waals surface area contributed by atoms with E-state index in [-0.39, 0.29) is 11.8 Å². The average Bonchev–Trinajstić information content (AvgIpc) is 3.12. The summed E-state index contributed by atoms with van der Waals surface area (Å²) in [5.41, 5.74) is 1.73. The number of anilines is 1. The molecule has 0 bridgehead atoms. The molecule has 0 aliphatic heterocycles. The minimum atomic E-state index is -0.220. The number of carbonyl (C=O) groups is 1. The van der Waals surface area contributed by atoms with Gasteiger partial charge in [0.25, 0.3) is 5.91 Å². The summed E-state index contributed by atoms with van der Waals surface area (Å²) in [6.07, 6.45) is 0.920. The standard InChI is InChI=1S/C20H21N3O2S/c1-3-17(14-9-6-5-7-10-14)19-22-23-20(26-19)21-18(24)15-11-8-12-16(13-15)25-4-2/h5-13,17H,3-4H2,1-2H3,(H,21,23,24)/t17-/m1/s1. The summed E-state index contributed by atoms with van der Waals surface area (Å²) >= 11 is 1.41. The van der Waals surface area contributed by atoms with Crippen LogP contribution >= 0.6 is 11.3 Å². The largest absolute Gasteiger partial charge is 0.494 e. The zero-order valence-electron chi connectivity index (χ0n) is 14.8. The Morgan fingerprint density at radius 2 is 1.92 bits per heavy atom. The first-order valence-electron chi connectivity index (χ1n) is 8.63. The van der Waals surface area contributed by atoms with Crippen molar-refractivity contribution in [3.63, 3.8) is 0 Å². The maximum atomic E-state index is 12.5. The normalized spacial score (nSPS) is 11.8. The predicted octanol–water partition coefficient (Wildman–Crippen LogP) is 4.73. The van der Waals surface area contributed by atoms with Crippen LogP contribution in [0.3, 0.4) is 0 Å². The maximum Gasteiger partial charge on any atom is 0.257 e. The van der Waals surface area contributed by atoms with Crippen molar-refractivity contribution in [1.29, 1.82) is 0 Å². The quantitative estimate of drug-likeness (QED) is 0.656. The number of nitrogens with zero attached hydrogens (tertiary/aromatic N) is 2. The molecule has 1 atom stereocenters. The summed E-state index contributed by atoms with van der Waals surface area (Å²) in [6.45, 7) is 4.59. The Bertz CT molecular complexity index is 864. The van der Waals surface area contributed by atoms with E-state index in [1.54, 1.807) is 18.2 Å². The number of rotatable bonds is 7. The van der Waals surface area contributed by atoms with Crippen molar-refractivity contribution >= 4 is 22.4 Å². The molecule has 0 spiro atoms. The van der Waals surface area contributed by atoms with Crippen LogP contribution < -0.4 is 10.1 Å². The summed E-state index contributed by atoms with van der Waals surface area (Å²) in [5, 5.41) is 12.7. The fourth-order valence-electron chi connectivity index (χ4n) is 2.73. The van der Waals surface area contributed by atoms with Gasteiger partial charge in [-0.3, -0.25) is 10.1 Å². The lowest BCUT2D eigenvalue weighted by Crippen LogP contribution is -2.11. The van der Waals surface area contributed by atoms with Crippen LogP contribution in [0, 0.1) is 0 Å². The molecule has 0 aliphatic rings. The SMILES string of the molecule is CCOc1cccc(C(=O)Nc2nnc([C@H](CC)c3ccccc3)s2)c1. The van der Waals surface area contributed by atoms with E-state index in [1.165, 1.54) is 16.9 Å². The third kappa shape index (κ3) is 4.26. The van der Waals surface area contributed by atoms with Gasteiger partial charge in [0.15, 0.2) is 0 Å². The molecule has 0 radical (unpaired) electrons. The molecule has 1 amide bonds. The van der Waals surface area contributed by atoms with Crippen LogP contribution in [0.25, 0.3) is 0 Å². The molecular formula is C20H21N3O2S. The maximum absolute atomic E-state index is 12.5. The number of benzene rings is 2. The Balaban J connectivity index is 1.73. The smallest absolute Gasteiger partial charge is 0.257 e. The van der Waals surface area contributed by atoms with Gasteiger partial charge in [-0.05, 0) is 37.1 Å². The second kappa shape index (κ2) is 8.58. The van der Waals surface area contributed by atoms with Gasteiger partial charge in [-0.2, -0.15) is 0 Å². The lowest BCUT2D eigenvalue weighted by Gasteiger charge is -2.11. The molecule has 0 saturated heterocycles. The van der Waals surface area contributed by atoms with Gasteiger partial charge in [-0.25, -0.2) is 0 Å². The molecule has 1 aromatic heterocycles. The van der Waals surface area contributed by atoms with E-state index >= 15 is 0 Å². The molecule has 134 valence electrons. The summed E-state index contributed by atoms with van der Waals surface area (Å²) in [6, 6.07) is 17.3. The zero-order chi connectivity index (χ0) is 18.4. The van der Waals surface area contributed by atoms with E-state index in [0.29, 0.717) is 23.1 Å². The highest BCUT2D eigenvalue weighted by molar-refractivity contribution is 7.15. The highest BCUT2D eigenvalue weighted by Gasteiger charge is 2.18. The zero-order valence-corrected chi connectivity index (χ0v) is 15.6. The van der Waals surface area contributed by atoms with E-state index in [9.17, 15) is 4.79 Å². The molecule has 2 aromatic carbocycles. The fourth-order valence-corrected chi connectivity index (χ4v) is 3.68. The van der Waals surface area contributed by atoms with Gasteiger partial charge in [0, 0.05) is 11.5 Å². The fraction of sp³-hybridized carbons (Fsp3) is 0.250. The van der Waals surface area contributed by atoms with E-state index in [4.69, 9.17) is 4.74 Å². The molecule has 5 nitrogen and oxygen atoms in total. The Kier molecular flexibility index (Phi) is 5.96. The predicted molar refractivity (Wildman–Crippen MR) is 104 cm³/mol. The van der Waals surface area contributed by atoms with Crippen molar-refractivity contribution in [2.24, 2.45) is 0 Å². The molecular weight excluding hydrogens is 346 g/mol. The Morgan fingerprint density at radius 3 is 2.65 bits per heavy atom. The lowest BCUT2D eigenvalue weighted by molar-refractivity contribution is 0.102. The average molecular weight is 367 g/mol. The van der Waals surface area contributed by atoms with Crippen molar-refractivity contribution in [3.8, 4) is 5.75 Å². The topological polar surface area (TPSA) is 64.1 Å². The first-order valence-corrected chi connectivity index (χ1v) is 9.45. The number of nitrogens with one attached hydrogen (secondary N) is 1. The van der Waals surface area contributed by atoms with Crippen molar-refractivity contribution in [2.75, 3.05) is 11.9 Å². The van der Waals surface area contributed by atoms with Crippen molar-refractivity contribution in [1.82, 2.24) is 10.2 Å². The minimum Gasteiger partial charge on any atom is -0.494 e. The molecule has 0 saturated carbocycles. The summed E-state index contributed by atoms with van der Waals surface area (Å²) in [4.78, 5) is 12.5. The monoisotopic (exact) mass is 367 g/mol. The summed E-state index contributed by atoms with van der Waals surface area (Å²) in [5.74, 6) is 0.635. The van der Waals surface area contributed by atoms with E-state index in [1.807, 2.05) is 31.2 Å². The molecule has 6 heteroatoms. The number of aromatic nitrogens is 2. The van der Waals surface area contributed by atoms with Crippen LogP contribution in [-0.4, -0.2) is 22.7 Å². The molecule has 0 fully saturated rings. The minimum absolute atomic E-state index is 0.181. The van der Waals surface area contributed by atoms with Crippen LogP contribution in [0.2, 0.25) is 0 Å². The Morgan fingerprint density at radius 1 is 1.12 bits per heavy atom. The van der Waals surface area contributed by atoms with Crippen molar-refractivity contribution < 1.29 is 9.53 Å². The number of amides is 1. The second-order valence-electron chi connectivity index (χ2n) is 5.73. The molecule has 0 unspecified atom stereocenters. The summed E-state index contributed by atoms with van der Waals surface area (Å²) in [7, 11) is 0. The Labute approximate surface area is 157 Å². The molecule has 1 N–H and O–H groups in total. The summed E-state index contributed by atoms with van der Waals surface area (Å²) < 4.78 is 5.44. The lowest BCUT2D eigenvalue weighted by atomic mass is 9.97. The van der Waals surface area contributed by atoms with Gasteiger partial charge in [-0.1, -0.05) is 54.7 Å². The van der Waals surface area contributed by atoms with Crippen LogP contribution in [0.15, 0.2) is 54.6 Å². The highest BCUT2D eigenvalue weighted by Crippen LogP contribution is 2.31. The third-order valence-corrected chi connectivity index (χ3v) is 4.93. The van der Waals surface area contributed by atoms with Crippen LogP contribution in [0.5, 0.6) is 5.75 Å². The van der Waals surface area contributed by atoms with Gasteiger partial charge in [0.05, 0.1) is 6.61 Å². The molecule has 3 aromatic rings. The van der Waals surface area contributed by atoms with Crippen LogP contribution in [-0.2, 0) is 0 Å². The third-order valence-electron chi connectivity index (χ3n) is 3.98. The van der Waals surface area contributed by atoms with Gasteiger partial charge >= 0.3 is 0 Å². The van der Waals surface area contributed by atoms with Gasteiger partial charge in [0.1, 0.15) is 10.8 Å². The number of hydrogen-bond acceptors (Lipinski definition) is 5. The number of carbonyl (C=O) groups excluding carboxylic acids is 1. The van der Waals surface area contributed by atoms with Gasteiger partial charge < -0.3 is 4.74 Å².